The maximum absolute atomic E-state index is 12.0. The Hall–Kier alpha value is -1.88. The van der Waals surface area contributed by atoms with Gasteiger partial charge in [0, 0.05) is 29.4 Å². The third-order valence-corrected chi connectivity index (χ3v) is 3.19. The van der Waals surface area contributed by atoms with Gasteiger partial charge in [-0.25, -0.2) is 4.98 Å². The van der Waals surface area contributed by atoms with E-state index in [-0.39, 0.29) is 5.91 Å². The van der Waals surface area contributed by atoms with Crippen LogP contribution in [0.5, 0.6) is 0 Å². The zero-order chi connectivity index (χ0) is 13.0. The summed E-state index contributed by atoms with van der Waals surface area (Å²) in [5, 5.41) is 8.45. The number of carbonyl (C=O) groups is 1. The summed E-state index contributed by atoms with van der Waals surface area (Å²) in [7, 11) is 0. The van der Waals surface area contributed by atoms with Crippen molar-refractivity contribution in [2.45, 2.75) is 13.8 Å². The van der Waals surface area contributed by atoms with Crippen LogP contribution >= 0.6 is 11.3 Å². The van der Waals surface area contributed by atoms with Crippen LogP contribution in [-0.2, 0) is 0 Å². The number of hydrogen-bond donors (Lipinski definition) is 2. The van der Waals surface area contributed by atoms with Gasteiger partial charge in [0.25, 0.3) is 5.91 Å². The van der Waals surface area contributed by atoms with Crippen LogP contribution in [0.4, 0.5) is 10.8 Å². The normalized spacial score (nSPS) is 10.1. The van der Waals surface area contributed by atoms with Crippen LogP contribution in [0.15, 0.2) is 29.8 Å². The van der Waals surface area contributed by atoms with Gasteiger partial charge in [0.05, 0.1) is 0 Å². The van der Waals surface area contributed by atoms with E-state index in [4.69, 9.17) is 0 Å². The smallest absolute Gasteiger partial charge is 0.257 e. The molecule has 0 fully saturated rings. The summed E-state index contributed by atoms with van der Waals surface area (Å²) in [4.78, 5) is 16.1. The molecule has 1 amide bonds. The van der Waals surface area contributed by atoms with Crippen LogP contribution in [0, 0.1) is 6.92 Å². The molecule has 0 unspecified atom stereocenters. The van der Waals surface area contributed by atoms with E-state index in [1.54, 1.807) is 6.20 Å². The molecule has 0 atom stereocenters. The molecule has 0 bridgehead atoms. The van der Waals surface area contributed by atoms with Gasteiger partial charge in [-0.1, -0.05) is 0 Å². The van der Waals surface area contributed by atoms with Crippen molar-refractivity contribution in [3.63, 3.8) is 0 Å². The summed E-state index contributed by atoms with van der Waals surface area (Å²) in [6.07, 6.45) is 1.67. The van der Waals surface area contributed by atoms with Gasteiger partial charge in [-0.05, 0) is 37.6 Å². The van der Waals surface area contributed by atoms with Gasteiger partial charge in [-0.2, -0.15) is 0 Å². The van der Waals surface area contributed by atoms with Crippen LogP contribution < -0.4 is 10.6 Å². The maximum Gasteiger partial charge on any atom is 0.257 e. The van der Waals surface area contributed by atoms with Gasteiger partial charge in [0.2, 0.25) is 0 Å². The third-order valence-electron chi connectivity index (χ3n) is 2.50. The van der Waals surface area contributed by atoms with E-state index in [0.717, 1.165) is 17.8 Å². The first-order chi connectivity index (χ1) is 8.70. The van der Waals surface area contributed by atoms with Crippen LogP contribution in [0.3, 0.4) is 0 Å². The van der Waals surface area contributed by atoms with E-state index in [9.17, 15) is 4.79 Å². The van der Waals surface area contributed by atoms with Gasteiger partial charge >= 0.3 is 0 Å². The van der Waals surface area contributed by atoms with E-state index in [1.807, 2.05) is 37.4 Å². The standard InChI is InChI=1S/C13H15N3OS/c1-3-14-10-4-5-11(9(2)8-10)12(17)16-13-15-6-7-18-13/h4-8,14H,3H2,1-2H3,(H,15,16,17). The Kier molecular flexibility index (Phi) is 3.94. The minimum atomic E-state index is -0.120. The first-order valence-electron chi connectivity index (χ1n) is 5.76. The highest BCUT2D eigenvalue weighted by Gasteiger charge is 2.10. The summed E-state index contributed by atoms with van der Waals surface area (Å²) in [6, 6.07) is 5.71. The molecule has 4 nitrogen and oxygen atoms in total. The predicted molar refractivity (Wildman–Crippen MR) is 75.4 cm³/mol. The Bertz CT molecular complexity index is 537. The second-order valence-electron chi connectivity index (χ2n) is 3.85. The van der Waals surface area contributed by atoms with E-state index in [2.05, 4.69) is 15.6 Å². The number of benzene rings is 1. The highest BCUT2D eigenvalue weighted by atomic mass is 32.1. The molecule has 1 aromatic carbocycles. The fourth-order valence-electron chi connectivity index (χ4n) is 1.68. The summed E-state index contributed by atoms with van der Waals surface area (Å²) < 4.78 is 0. The molecule has 1 heterocycles. The molecule has 0 aliphatic heterocycles. The molecule has 2 rings (SSSR count). The van der Waals surface area contributed by atoms with Crippen molar-refractivity contribution < 1.29 is 4.79 Å². The Balaban J connectivity index is 2.15. The highest BCUT2D eigenvalue weighted by Crippen LogP contribution is 2.17. The quantitative estimate of drug-likeness (QED) is 0.889. The average Bonchev–Trinajstić information content (AvgIpc) is 2.82. The van der Waals surface area contributed by atoms with Gasteiger partial charge < -0.3 is 5.32 Å². The molecule has 2 N–H and O–H groups in total. The summed E-state index contributed by atoms with van der Waals surface area (Å²) >= 11 is 1.41. The van der Waals surface area contributed by atoms with Gasteiger partial charge in [0.15, 0.2) is 5.13 Å². The number of hydrogen-bond acceptors (Lipinski definition) is 4. The van der Waals surface area contributed by atoms with Crippen molar-refractivity contribution in [3.8, 4) is 0 Å². The van der Waals surface area contributed by atoms with Crippen LogP contribution in [-0.4, -0.2) is 17.4 Å². The van der Waals surface area contributed by atoms with Crippen LogP contribution in [0.25, 0.3) is 0 Å². The Labute approximate surface area is 110 Å². The van der Waals surface area contributed by atoms with E-state index in [1.165, 1.54) is 11.3 Å². The molecular formula is C13H15N3OS. The minimum Gasteiger partial charge on any atom is -0.385 e. The van der Waals surface area contributed by atoms with Crippen molar-refractivity contribution in [1.82, 2.24) is 4.98 Å². The molecular weight excluding hydrogens is 246 g/mol. The molecule has 94 valence electrons. The predicted octanol–water partition coefficient (Wildman–Crippen LogP) is 3.14. The highest BCUT2D eigenvalue weighted by molar-refractivity contribution is 7.13. The zero-order valence-corrected chi connectivity index (χ0v) is 11.2. The molecule has 18 heavy (non-hydrogen) atoms. The fourth-order valence-corrected chi connectivity index (χ4v) is 2.21. The van der Waals surface area contributed by atoms with Crippen molar-refractivity contribution in [2.24, 2.45) is 0 Å². The lowest BCUT2D eigenvalue weighted by Gasteiger charge is -2.08. The number of aryl methyl sites for hydroxylation is 1. The molecule has 1 aromatic heterocycles. The summed E-state index contributed by atoms with van der Waals surface area (Å²) in [5.41, 5.74) is 2.65. The second kappa shape index (κ2) is 5.64. The summed E-state index contributed by atoms with van der Waals surface area (Å²) in [6.45, 7) is 4.83. The average molecular weight is 261 g/mol. The number of rotatable bonds is 4. The third kappa shape index (κ3) is 2.87. The molecule has 0 radical (unpaired) electrons. The van der Waals surface area contributed by atoms with Crippen molar-refractivity contribution in [3.05, 3.63) is 40.9 Å². The van der Waals surface area contributed by atoms with Gasteiger partial charge in [0.1, 0.15) is 0 Å². The number of nitrogens with one attached hydrogen (secondary N) is 2. The topological polar surface area (TPSA) is 54.0 Å². The van der Waals surface area contributed by atoms with E-state index in [0.29, 0.717) is 10.7 Å². The molecule has 0 spiro atoms. The van der Waals surface area contributed by atoms with Gasteiger partial charge in [-0.3, -0.25) is 10.1 Å². The molecule has 0 aliphatic carbocycles. The number of thiazole rings is 1. The van der Waals surface area contributed by atoms with Crippen LogP contribution in [0.1, 0.15) is 22.8 Å². The monoisotopic (exact) mass is 261 g/mol. The lowest BCUT2D eigenvalue weighted by Crippen LogP contribution is -2.13. The summed E-state index contributed by atoms with van der Waals surface area (Å²) in [5.74, 6) is -0.120. The number of amides is 1. The Morgan fingerprint density at radius 3 is 2.89 bits per heavy atom. The molecule has 0 saturated heterocycles. The minimum absolute atomic E-state index is 0.120. The SMILES string of the molecule is CCNc1ccc(C(=O)Nc2nccs2)c(C)c1. The Morgan fingerprint density at radius 2 is 2.28 bits per heavy atom. The number of carbonyl (C=O) groups excluding carboxylic acids is 1. The maximum atomic E-state index is 12.0. The first kappa shape index (κ1) is 12.6. The lowest BCUT2D eigenvalue weighted by atomic mass is 10.1. The van der Waals surface area contributed by atoms with Crippen molar-refractivity contribution in [2.75, 3.05) is 17.2 Å². The van der Waals surface area contributed by atoms with Gasteiger partial charge in [-0.15, -0.1) is 11.3 Å². The van der Waals surface area contributed by atoms with Crippen molar-refractivity contribution in [1.29, 1.82) is 0 Å². The molecule has 0 aliphatic rings. The fraction of sp³-hybridized carbons (Fsp3) is 0.231. The van der Waals surface area contributed by atoms with Crippen molar-refractivity contribution >= 4 is 28.1 Å². The van der Waals surface area contributed by atoms with Crippen LogP contribution in [0.2, 0.25) is 0 Å². The Morgan fingerprint density at radius 1 is 1.44 bits per heavy atom. The molecule has 2 aromatic rings. The zero-order valence-electron chi connectivity index (χ0n) is 10.4. The molecule has 5 heteroatoms. The van der Waals surface area contributed by atoms with E-state index >= 15 is 0 Å². The second-order valence-corrected chi connectivity index (χ2v) is 4.75. The number of nitrogens with zero attached hydrogens (tertiary/aromatic N) is 1. The lowest BCUT2D eigenvalue weighted by molar-refractivity contribution is 0.102. The number of aromatic nitrogens is 1. The largest absolute Gasteiger partial charge is 0.385 e. The van der Waals surface area contributed by atoms with E-state index < -0.39 is 0 Å². The molecule has 0 saturated carbocycles. The number of anilines is 2. The first-order valence-corrected chi connectivity index (χ1v) is 6.64.